The van der Waals surface area contributed by atoms with Crippen molar-refractivity contribution in [1.82, 2.24) is 14.8 Å². The van der Waals surface area contributed by atoms with E-state index in [1.54, 1.807) is 35.0 Å². The van der Waals surface area contributed by atoms with E-state index in [1.165, 1.54) is 0 Å². The Morgan fingerprint density at radius 2 is 1.60 bits per heavy atom. The molecule has 0 aliphatic heterocycles. The molecule has 1 N–H and O–H groups in total. The van der Waals surface area contributed by atoms with Crippen molar-refractivity contribution in [2.45, 2.75) is 13.8 Å². The van der Waals surface area contributed by atoms with Gasteiger partial charge in [0, 0.05) is 43.9 Å². The summed E-state index contributed by atoms with van der Waals surface area (Å²) < 4.78 is 7.64. The molecule has 8 heteroatoms. The molecule has 4 aromatic carbocycles. The zero-order valence-corrected chi connectivity index (χ0v) is 24.6. The van der Waals surface area contributed by atoms with Crippen LogP contribution in [0.4, 0.5) is 0 Å². The van der Waals surface area contributed by atoms with Crippen molar-refractivity contribution < 1.29 is 9.52 Å². The molecular weight excluding hydrogens is 581 g/mol. The van der Waals surface area contributed by atoms with Crippen LogP contribution in [0.25, 0.3) is 61.2 Å². The molecule has 0 amide bonds. The lowest BCUT2D eigenvalue weighted by atomic mass is 9.95. The van der Waals surface area contributed by atoms with E-state index in [1.807, 2.05) is 80.7 Å². The first-order chi connectivity index (χ1) is 20.8. The smallest absolute Gasteiger partial charge is 0.346 e. The molecule has 0 radical (unpaired) electrons. The van der Waals surface area contributed by atoms with E-state index in [9.17, 15) is 9.90 Å². The number of aromatic nitrogens is 3. The SMILES string of the molecule is Cc1ccc2c(c1)oc(=O)c1c(-c3cn(-c4ccccc4)nc3-c3ccc(Cl)cc3)cc(-c3cc(Cl)c(C)cc3O)nc12. The van der Waals surface area contributed by atoms with Crippen LogP contribution >= 0.6 is 23.2 Å². The molecule has 43 heavy (non-hydrogen) atoms. The van der Waals surface area contributed by atoms with Gasteiger partial charge in [-0.3, -0.25) is 0 Å². The Balaban J connectivity index is 1.62. The zero-order chi connectivity index (χ0) is 29.8. The van der Waals surface area contributed by atoms with Gasteiger partial charge in [0.2, 0.25) is 0 Å². The highest BCUT2D eigenvalue weighted by molar-refractivity contribution is 6.31. The van der Waals surface area contributed by atoms with E-state index in [0.717, 1.165) is 22.4 Å². The number of nitrogens with zero attached hydrogens (tertiary/aromatic N) is 3. The van der Waals surface area contributed by atoms with E-state index < -0.39 is 5.63 Å². The van der Waals surface area contributed by atoms with Gasteiger partial charge in [-0.1, -0.05) is 59.6 Å². The fraction of sp³-hybridized carbons (Fsp3) is 0.0571. The average Bonchev–Trinajstić information content (AvgIpc) is 3.44. The lowest BCUT2D eigenvalue weighted by Gasteiger charge is -2.13. The molecule has 3 heterocycles. The van der Waals surface area contributed by atoms with Gasteiger partial charge < -0.3 is 9.52 Å². The third-order valence-corrected chi connectivity index (χ3v) is 8.17. The average molecular weight is 604 g/mol. The summed E-state index contributed by atoms with van der Waals surface area (Å²) in [4.78, 5) is 18.7. The quantitative estimate of drug-likeness (QED) is 0.160. The lowest BCUT2D eigenvalue weighted by Crippen LogP contribution is -2.05. The summed E-state index contributed by atoms with van der Waals surface area (Å²) in [6.45, 7) is 3.75. The van der Waals surface area contributed by atoms with E-state index in [4.69, 9.17) is 37.7 Å². The van der Waals surface area contributed by atoms with Crippen molar-refractivity contribution in [2.75, 3.05) is 0 Å². The summed E-state index contributed by atoms with van der Waals surface area (Å²) in [7, 11) is 0. The number of pyridine rings is 1. The Kier molecular flexibility index (Phi) is 6.53. The third-order valence-electron chi connectivity index (χ3n) is 7.51. The highest BCUT2D eigenvalue weighted by atomic mass is 35.5. The number of hydrogen-bond acceptors (Lipinski definition) is 5. The van der Waals surface area contributed by atoms with E-state index in [2.05, 4.69) is 0 Å². The van der Waals surface area contributed by atoms with E-state index >= 15 is 0 Å². The number of rotatable bonds is 4. The molecule has 0 saturated heterocycles. The number of benzene rings is 4. The normalized spacial score (nSPS) is 11.4. The van der Waals surface area contributed by atoms with Crippen molar-refractivity contribution in [3.63, 3.8) is 0 Å². The molecule has 0 atom stereocenters. The van der Waals surface area contributed by atoms with Gasteiger partial charge in [-0.25, -0.2) is 14.5 Å². The summed E-state index contributed by atoms with van der Waals surface area (Å²) in [5.41, 5.74) is 6.44. The van der Waals surface area contributed by atoms with Crippen molar-refractivity contribution in [2.24, 2.45) is 0 Å². The molecule has 0 unspecified atom stereocenters. The Morgan fingerprint density at radius 3 is 2.37 bits per heavy atom. The van der Waals surface area contributed by atoms with Gasteiger partial charge in [-0.05, 0) is 79.6 Å². The van der Waals surface area contributed by atoms with Crippen LogP contribution in [0.2, 0.25) is 10.0 Å². The van der Waals surface area contributed by atoms with Gasteiger partial charge in [0.15, 0.2) is 0 Å². The number of hydrogen-bond donors (Lipinski definition) is 1. The number of aryl methyl sites for hydroxylation is 2. The Hall–Kier alpha value is -4.91. The van der Waals surface area contributed by atoms with Crippen LogP contribution in [0.5, 0.6) is 5.75 Å². The molecule has 0 bridgehead atoms. The van der Waals surface area contributed by atoms with Crippen molar-refractivity contribution in [3.8, 4) is 45.1 Å². The molecular formula is C35H23Cl2N3O3. The molecule has 6 nitrogen and oxygen atoms in total. The van der Waals surface area contributed by atoms with Crippen LogP contribution in [0.3, 0.4) is 0 Å². The van der Waals surface area contributed by atoms with Crippen LogP contribution in [-0.4, -0.2) is 19.9 Å². The predicted molar refractivity (Wildman–Crippen MR) is 172 cm³/mol. The first-order valence-corrected chi connectivity index (χ1v) is 14.3. The highest BCUT2D eigenvalue weighted by Gasteiger charge is 2.23. The minimum absolute atomic E-state index is 0.0284. The first kappa shape index (κ1) is 27.0. The minimum atomic E-state index is -0.525. The van der Waals surface area contributed by atoms with Crippen LogP contribution in [0.15, 0.2) is 106 Å². The van der Waals surface area contributed by atoms with Gasteiger partial charge in [0.05, 0.1) is 22.3 Å². The van der Waals surface area contributed by atoms with Crippen molar-refractivity contribution >= 4 is 45.1 Å². The lowest BCUT2D eigenvalue weighted by molar-refractivity contribution is 0.476. The standard InChI is InChI=1S/C35H23Cl2N3O3/c1-19-8-13-24-31(14-19)43-35(42)32-25(17-29(38-34(24)32)26-16-28(37)20(2)15-30(26)41)27-18-40(23-6-4-3-5-7-23)39-33(27)21-9-11-22(36)12-10-21/h3-18,41H,1-2H3. The van der Waals surface area contributed by atoms with E-state index in [0.29, 0.717) is 60.0 Å². The maximum atomic E-state index is 13.8. The zero-order valence-electron chi connectivity index (χ0n) is 23.1. The number of phenols is 1. The maximum Gasteiger partial charge on any atom is 0.346 e. The molecule has 0 aliphatic rings. The molecule has 7 aromatic rings. The van der Waals surface area contributed by atoms with E-state index in [-0.39, 0.29) is 5.75 Å². The van der Waals surface area contributed by atoms with Crippen LogP contribution in [0.1, 0.15) is 11.1 Å². The van der Waals surface area contributed by atoms with Gasteiger partial charge in [-0.15, -0.1) is 0 Å². The maximum absolute atomic E-state index is 13.8. The van der Waals surface area contributed by atoms with Crippen molar-refractivity contribution in [1.29, 1.82) is 0 Å². The van der Waals surface area contributed by atoms with Crippen molar-refractivity contribution in [3.05, 3.63) is 129 Å². The van der Waals surface area contributed by atoms with Gasteiger partial charge in [0.1, 0.15) is 17.0 Å². The number of fused-ring (bicyclic) bond motifs is 3. The number of phenolic OH excluding ortho intramolecular Hbond substituents is 1. The topological polar surface area (TPSA) is 81.2 Å². The molecule has 7 rings (SSSR count). The second-order valence-corrected chi connectivity index (χ2v) is 11.3. The second kappa shape index (κ2) is 10.4. The Morgan fingerprint density at radius 1 is 0.837 bits per heavy atom. The molecule has 0 fully saturated rings. The summed E-state index contributed by atoms with van der Waals surface area (Å²) >= 11 is 12.7. The fourth-order valence-electron chi connectivity index (χ4n) is 5.33. The van der Waals surface area contributed by atoms with Crippen LogP contribution in [0, 0.1) is 13.8 Å². The predicted octanol–water partition coefficient (Wildman–Crippen LogP) is 9.16. The van der Waals surface area contributed by atoms with Gasteiger partial charge in [-0.2, -0.15) is 5.10 Å². The molecule has 0 aliphatic carbocycles. The Bertz CT molecular complexity index is 2260. The fourth-order valence-corrected chi connectivity index (χ4v) is 5.62. The third kappa shape index (κ3) is 4.75. The van der Waals surface area contributed by atoms with Crippen LogP contribution in [-0.2, 0) is 0 Å². The second-order valence-electron chi connectivity index (χ2n) is 10.5. The summed E-state index contributed by atoms with van der Waals surface area (Å²) in [5, 5.41) is 18.0. The van der Waals surface area contributed by atoms with Gasteiger partial charge >= 0.3 is 5.63 Å². The molecule has 0 spiro atoms. The highest BCUT2D eigenvalue weighted by Crippen LogP contribution is 2.41. The first-order valence-electron chi connectivity index (χ1n) is 13.6. The monoisotopic (exact) mass is 603 g/mol. The number of halogens is 2. The number of para-hydroxylation sites is 1. The van der Waals surface area contributed by atoms with Gasteiger partial charge in [0.25, 0.3) is 0 Å². The molecule has 0 saturated carbocycles. The van der Waals surface area contributed by atoms with Crippen LogP contribution < -0.4 is 5.63 Å². The number of aromatic hydroxyl groups is 1. The minimum Gasteiger partial charge on any atom is -0.507 e. The summed E-state index contributed by atoms with van der Waals surface area (Å²) in [6.07, 6.45) is 1.89. The summed E-state index contributed by atoms with van der Waals surface area (Å²) in [5.74, 6) is 0.0284. The molecule has 210 valence electrons. The largest absolute Gasteiger partial charge is 0.507 e. The Labute approximate surface area is 256 Å². The summed E-state index contributed by atoms with van der Waals surface area (Å²) in [6, 6.07) is 27.8. The molecule has 3 aromatic heterocycles.